The van der Waals surface area contributed by atoms with Gasteiger partial charge in [-0.3, -0.25) is 4.79 Å². The Hall–Kier alpha value is -1.72. The molecule has 0 aliphatic rings. The van der Waals surface area contributed by atoms with Crippen molar-refractivity contribution in [2.75, 3.05) is 6.61 Å². The molecule has 0 unspecified atom stereocenters. The van der Waals surface area contributed by atoms with E-state index >= 15 is 0 Å². The Labute approximate surface area is 106 Å². The number of carbonyl (C=O) groups is 2. The molecule has 8 N–H and O–H groups in total. The smallest absolute Gasteiger partial charge is 0.375 e. The molecule has 0 fully saturated rings. The van der Waals surface area contributed by atoms with E-state index in [1.165, 1.54) is 0 Å². The number of aliphatic hydroxyl groups excluding tert-OH is 7. The van der Waals surface area contributed by atoms with E-state index in [0.29, 0.717) is 0 Å². The van der Waals surface area contributed by atoms with Crippen molar-refractivity contribution < 1.29 is 50.4 Å². The van der Waals surface area contributed by atoms with E-state index < -0.39 is 54.3 Å². The zero-order chi connectivity index (χ0) is 15.3. The lowest BCUT2D eigenvalue weighted by Crippen LogP contribution is -2.49. The van der Waals surface area contributed by atoms with Crippen LogP contribution in [0.3, 0.4) is 0 Å². The van der Waals surface area contributed by atoms with Crippen LogP contribution in [-0.2, 0) is 9.59 Å². The molecule has 0 heterocycles. The Bertz CT molecular complexity index is 375. The first-order valence-corrected chi connectivity index (χ1v) is 4.88. The molecule has 0 aromatic rings. The van der Waals surface area contributed by atoms with Crippen molar-refractivity contribution in [1.29, 1.82) is 0 Å². The lowest BCUT2D eigenvalue weighted by Gasteiger charge is -2.24. The molecule has 10 nitrogen and oxygen atoms in total. The molecule has 0 radical (unpaired) electrons. The van der Waals surface area contributed by atoms with Crippen LogP contribution < -0.4 is 0 Å². The average molecular weight is 282 g/mol. The van der Waals surface area contributed by atoms with Crippen LogP contribution in [0.5, 0.6) is 0 Å². The molecule has 0 aromatic carbocycles. The first-order chi connectivity index (χ1) is 8.64. The van der Waals surface area contributed by atoms with E-state index in [9.17, 15) is 24.9 Å². The lowest BCUT2D eigenvalue weighted by atomic mass is 9.99. The van der Waals surface area contributed by atoms with Gasteiger partial charge in [-0.15, -0.1) is 0 Å². The lowest BCUT2D eigenvalue weighted by molar-refractivity contribution is -0.147. The normalized spacial score (nSPS) is 19.0. The molecule has 0 rings (SSSR count). The second-order valence-electron chi connectivity index (χ2n) is 3.54. The van der Waals surface area contributed by atoms with Gasteiger partial charge < -0.3 is 40.9 Å². The summed E-state index contributed by atoms with van der Waals surface area (Å²) < 4.78 is 0. The number of ketones is 1. The van der Waals surface area contributed by atoms with Crippen molar-refractivity contribution >= 4 is 11.8 Å². The van der Waals surface area contributed by atoms with Gasteiger partial charge in [-0.1, -0.05) is 0 Å². The maximum absolute atomic E-state index is 11.2. The van der Waals surface area contributed by atoms with E-state index in [2.05, 4.69) is 0 Å². The summed E-state index contributed by atoms with van der Waals surface area (Å²) in [4.78, 5) is 21.5. The van der Waals surface area contributed by atoms with Crippen LogP contribution in [-0.4, -0.2) is 83.6 Å². The molecule has 0 aliphatic carbocycles. The summed E-state index contributed by atoms with van der Waals surface area (Å²) in [7, 11) is 0. The quantitative estimate of drug-likeness (QED) is 0.170. The average Bonchev–Trinajstić information content (AvgIpc) is 2.40. The zero-order valence-electron chi connectivity index (χ0n) is 9.41. The fraction of sp³-hybridized carbons (Fsp3) is 0.556. The van der Waals surface area contributed by atoms with Crippen molar-refractivity contribution in [2.24, 2.45) is 0 Å². The molecule has 0 aliphatic heterocycles. The molecule has 0 aromatic heterocycles. The van der Waals surface area contributed by atoms with Crippen LogP contribution in [0.4, 0.5) is 0 Å². The maximum Gasteiger partial charge on any atom is 0.375 e. The summed E-state index contributed by atoms with van der Waals surface area (Å²) in [5.41, 5.74) is 0. The van der Waals surface area contributed by atoms with Gasteiger partial charge >= 0.3 is 5.97 Å². The third-order valence-corrected chi connectivity index (χ3v) is 2.18. The fourth-order valence-electron chi connectivity index (χ4n) is 1.04. The van der Waals surface area contributed by atoms with Crippen molar-refractivity contribution in [2.45, 2.75) is 24.4 Å². The van der Waals surface area contributed by atoms with Gasteiger partial charge in [0.05, 0.1) is 6.61 Å². The third kappa shape index (κ3) is 4.15. The second-order valence-corrected chi connectivity index (χ2v) is 3.54. The summed E-state index contributed by atoms with van der Waals surface area (Å²) in [6.07, 6.45) is -8.85. The summed E-state index contributed by atoms with van der Waals surface area (Å²) in [6, 6.07) is 0. The number of carbonyl (C=O) groups excluding carboxylic acids is 1. The second kappa shape index (κ2) is 7.01. The molecule has 0 amide bonds. The first kappa shape index (κ1) is 17.3. The molecule has 0 saturated heterocycles. The topological polar surface area (TPSA) is 196 Å². The minimum absolute atomic E-state index is 0.985. The van der Waals surface area contributed by atoms with Crippen LogP contribution >= 0.6 is 0 Å². The summed E-state index contributed by atoms with van der Waals surface area (Å²) in [6.45, 7) is -0.985. The van der Waals surface area contributed by atoms with Gasteiger partial charge in [0.1, 0.15) is 24.4 Å². The largest absolute Gasteiger partial charge is 0.502 e. The summed E-state index contributed by atoms with van der Waals surface area (Å²) >= 11 is 0. The number of hydrogen-bond acceptors (Lipinski definition) is 9. The van der Waals surface area contributed by atoms with E-state index in [1.807, 2.05) is 0 Å². The predicted octanol–water partition coefficient (Wildman–Crippen LogP) is -3.60. The van der Waals surface area contributed by atoms with E-state index in [0.717, 1.165) is 0 Å². The molecule has 4 atom stereocenters. The van der Waals surface area contributed by atoms with E-state index in [4.69, 9.17) is 25.5 Å². The number of carboxylic acid groups (broad SMARTS) is 1. The number of aliphatic carboxylic acids is 1. The van der Waals surface area contributed by atoms with Gasteiger partial charge in [0.2, 0.25) is 17.3 Å². The number of rotatable bonds is 7. The molecular formula is C9H14O10. The standard InChI is InChI=1S/C9H14O10/c10-1-2(11)3(12)4(13)5(14)6(15)7(16)8(17)9(18)19/h2-5,10-14,16-17H,1H2,(H,18,19)/b8-7+/t2-,3-,4+,5+/m1/s1. The predicted molar refractivity (Wildman–Crippen MR) is 56.0 cm³/mol. The van der Waals surface area contributed by atoms with Crippen LogP contribution in [0.2, 0.25) is 0 Å². The van der Waals surface area contributed by atoms with E-state index in [1.54, 1.807) is 0 Å². The van der Waals surface area contributed by atoms with Crippen LogP contribution in [0.1, 0.15) is 0 Å². The van der Waals surface area contributed by atoms with Gasteiger partial charge in [-0.2, -0.15) is 0 Å². The van der Waals surface area contributed by atoms with Crippen molar-refractivity contribution in [3.8, 4) is 0 Å². The summed E-state index contributed by atoms with van der Waals surface area (Å²) in [5.74, 6) is -7.32. The van der Waals surface area contributed by atoms with Crippen LogP contribution in [0.15, 0.2) is 11.5 Å². The first-order valence-electron chi connectivity index (χ1n) is 4.88. The van der Waals surface area contributed by atoms with Gasteiger partial charge in [0, 0.05) is 0 Å². The SMILES string of the molecule is O=C(O)/C(O)=C(\O)C(=O)[C@@H](O)[C@@H](O)[C@H](O)[C@H](O)CO. The molecule has 10 heteroatoms. The molecule has 19 heavy (non-hydrogen) atoms. The summed E-state index contributed by atoms with van der Waals surface area (Å²) in [5, 5.41) is 71.2. The number of aliphatic hydroxyl groups is 7. The molecule has 0 saturated carbocycles. The van der Waals surface area contributed by atoms with Crippen molar-refractivity contribution in [1.82, 2.24) is 0 Å². The van der Waals surface area contributed by atoms with Crippen molar-refractivity contribution in [3.05, 3.63) is 11.5 Å². The van der Waals surface area contributed by atoms with E-state index in [-0.39, 0.29) is 0 Å². The Morgan fingerprint density at radius 1 is 0.842 bits per heavy atom. The highest BCUT2D eigenvalue weighted by Crippen LogP contribution is 2.10. The van der Waals surface area contributed by atoms with Crippen molar-refractivity contribution in [3.63, 3.8) is 0 Å². The Morgan fingerprint density at radius 3 is 1.68 bits per heavy atom. The number of Topliss-reactive ketones (excluding diaryl/α,β-unsaturated/α-hetero) is 1. The highest BCUT2D eigenvalue weighted by Gasteiger charge is 2.37. The van der Waals surface area contributed by atoms with Gasteiger partial charge in [0.25, 0.3) is 0 Å². The van der Waals surface area contributed by atoms with Gasteiger partial charge in [0.15, 0.2) is 0 Å². The highest BCUT2D eigenvalue weighted by atomic mass is 16.4. The third-order valence-electron chi connectivity index (χ3n) is 2.18. The Balaban J connectivity index is 5.02. The molecule has 110 valence electrons. The van der Waals surface area contributed by atoms with Crippen LogP contribution in [0.25, 0.3) is 0 Å². The maximum atomic E-state index is 11.2. The van der Waals surface area contributed by atoms with Gasteiger partial charge in [-0.05, 0) is 0 Å². The number of hydrogen-bond donors (Lipinski definition) is 8. The highest BCUT2D eigenvalue weighted by molar-refractivity contribution is 6.02. The van der Waals surface area contributed by atoms with Gasteiger partial charge in [-0.25, -0.2) is 4.79 Å². The fourth-order valence-corrected chi connectivity index (χ4v) is 1.04. The minimum Gasteiger partial charge on any atom is -0.502 e. The molecular weight excluding hydrogens is 268 g/mol. The monoisotopic (exact) mass is 282 g/mol. The van der Waals surface area contributed by atoms with Crippen LogP contribution in [0, 0.1) is 0 Å². The molecule has 0 bridgehead atoms. The Morgan fingerprint density at radius 2 is 1.32 bits per heavy atom. The molecule has 0 spiro atoms. The minimum atomic E-state index is -2.52. The zero-order valence-corrected chi connectivity index (χ0v) is 9.41. The Kier molecular flexibility index (Phi) is 6.38. The number of carboxylic acids is 1.